The van der Waals surface area contributed by atoms with Crippen molar-refractivity contribution in [2.75, 3.05) is 19.6 Å². The molecule has 1 aromatic rings. The highest BCUT2D eigenvalue weighted by atomic mass is 15.2. The maximum absolute atomic E-state index is 3.52. The van der Waals surface area contributed by atoms with Gasteiger partial charge in [0.05, 0.1) is 0 Å². The Morgan fingerprint density at radius 1 is 1.22 bits per heavy atom. The number of piperazine rings is 1. The summed E-state index contributed by atoms with van der Waals surface area (Å²) in [6, 6.07) is 9.56. The zero-order valence-electron chi connectivity index (χ0n) is 12.2. The summed E-state index contributed by atoms with van der Waals surface area (Å²) in [5.41, 5.74) is 3.10. The van der Waals surface area contributed by atoms with Gasteiger partial charge in [0.1, 0.15) is 0 Å². The van der Waals surface area contributed by atoms with E-state index in [1.165, 1.54) is 11.1 Å². The van der Waals surface area contributed by atoms with Crippen molar-refractivity contribution in [1.82, 2.24) is 10.2 Å². The zero-order valence-corrected chi connectivity index (χ0v) is 12.2. The molecule has 0 aliphatic carbocycles. The molecule has 18 heavy (non-hydrogen) atoms. The Bertz CT molecular complexity index is 375. The topological polar surface area (TPSA) is 15.3 Å². The first-order valence-electron chi connectivity index (χ1n) is 6.97. The minimum absolute atomic E-state index is 0.331. The van der Waals surface area contributed by atoms with E-state index in [0.717, 1.165) is 26.2 Å². The zero-order chi connectivity index (χ0) is 13.2. The monoisotopic (exact) mass is 246 g/mol. The summed E-state index contributed by atoms with van der Waals surface area (Å²) >= 11 is 0. The second-order valence-electron chi connectivity index (χ2n) is 6.54. The first kappa shape index (κ1) is 13.6. The molecule has 1 aliphatic heterocycles. The van der Waals surface area contributed by atoms with Gasteiger partial charge < -0.3 is 5.32 Å². The van der Waals surface area contributed by atoms with E-state index in [-0.39, 0.29) is 0 Å². The molecule has 1 saturated heterocycles. The molecule has 1 unspecified atom stereocenters. The largest absolute Gasteiger partial charge is 0.314 e. The molecule has 0 aromatic heterocycles. The van der Waals surface area contributed by atoms with Crippen LogP contribution in [0, 0.1) is 12.3 Å². The van der Waals surface area contributed by atoms with Crippen LogP contribution in [-0.4, -0.2) is 30.6 Å². The number of hydrogen-bond donors (Lipinski definition) is 1. The summed E-state index contributed by atoms with van der Waals surface area (Å²) in [6.45, 7) is 13.6. The third-order valence-electron chi connectivity index (χ3n) is 3.86. The number of aryl methyl sites for hydroxylation is 1. The average molecular weight is 246 g/mol. The molecule has 1 heterocycles. The molecular formula is C16H26N2. The van der Waals surface area contributed by atoms with Gasteiger partial charge in [-0.3, -0.25) is 4.90 Å². The summed E-state index contributed by atoms with van der Waals surface area (Å²) in [5.74, 6) is 0. The number of benzene rings is 1. The molecule has 0 saturated carbocycles. The third-order valence-corrected chi connectivity index (χ3v) is 3.86. The minimum Gasteiger partial charge on any atom is -0.314 e. The van der Waals surface area contributed by atoms with Crippen molar-refractivity contribution in [3.8, 4) is 0 Å². The highest BCUT2D eigenvalue weighted by Crippen LogP contribution is 2.26. The van der Waals surface area contributed by atoms with E-state index in [1.54, 1.807) is 0 Å². The number of rotatable bonds is 2. The molecule has 1 aliphatic rings. The lowest BCUT2D eigenvalue weighted by molar-refractivity contribution is 0.0689. The van der Waals surface area contributed by atoms with Crippen LogP contribution in [0.25, 0.3) is 0 Å². The summed E-state index contributed by atoms with van der Waals surface area (Å²) in [6.07, 6.45) is 0. The summed E-state index contributed by atoms with van der Waals surface area (Å²) < 4.78 is 0. The maximum atomic E-state index is 3.52. The molecule has 0 radical (unpaired) electrons. The fourth-order valence-electron chi connectivity index (χ4n) is 2.72. The van der Waals surface area contributed by atoms with Crippen LogP contribution in [0.15, 0.2) is 24.3 Å². The number of nitrogens with one attached hydrogen (secondary N) is 1. The molecule has 2 nitrogen and oxygen atoms in total. The Labute approximate surface area is 111 Å². The van der Waals surface area contributed by atoms with E-state index >= 15 is 0 Å². The van der Waals surface area contributed by atoms with E-state index in [2.05, 4.69) is 62.2 Å². The molecule has 1 fully saturated rings. The van der Waals surface area contributed by atoms with Crippen molar-refractivity contribution in [3.05, 3.63) is 35.4 Å². The highest BCUT2D eigenvalue weighted by molar-refractivity contribution is 5.21. The van der Waals surface area contributed by atoms with Gasteiger partial charge in [0.2, 0.25) is 0 Å². The Morgan fingerprint density at radius 3 is 2.50 bits per heavy atom. The third kappa shape index (κ3) is 3.33. The molecule has 0 spiro atoms. The quantitative estimate of drug-likeness (QED) is 0.863. The highest BCUT2D eigenvalue weighted by Gasteiger charge is 2.32. The van der Waals surface area contributed by atoms with E-state index in [1.807, 2.05) is 0 Å². The molecule has 2 rings (SSSR count). The standard InChI is InChI=1S/C16H26N2/c1-13-5-7-14(8-6-13)12-18-10-9-17-11-15(18)16(2,3)4/h5-8,15,17H,9-12H2,1-4H3. The predicted octanol–water partition coefficient (Wildman–Crippen LogP) is 2.81. The normalized spacial score (nSPS) is 22.1. The maximum Gasteiger partial charge on any atom is 0.0273 e. The molecule has 0 amide bonds. The number of hydrogen-bond acceptors (Lipinski definition) is 2. The predicted molar refractivity (Wildman–Crippen MR) is 77.7 cm³/mol. The Morgan fingerprint density at radius 2 is 1.89 bits per heavy atom. The van der Waals surface area contributed by atoms with Crippen LogP contribution in [0.1, 0.15) is 31.9 Å². The Hall–Kier alpha value is -0.860. The molecule has 2 heteroatoms. The van der Waals surface area contributed by atoms with Crippen molar-refractivity contribution in [2.24, 2.45) is 5.41 Å². The van der Waals surface area contributed by atoms with Crippen LogP contribution in [-0.2, 0) is 6.54 Å². The lowest BCUT2D eigenvalue weighted by Gasteiger charge is -2.43. The second kappa shape index (κ2) is 5.41. The van der Waals surface area contributed by atoms with Crippen LogP contribution in [0.3, 0.4) is 0 Å². The summed E-state index contributed by atoms with van der Waals surface area (Å²) in [4.78, 5) is 2.63. The van der Waals surface area contributed by atoms with Gasteiger partial charge in [0.25, 0.3) is 0 Å². The Balaban J connectivity index is 2.08. The van der Waals surface area contributed by atoms with Gasteiger partial charge in [0.15, 0.2) is 0 Å². The smallest absolute Gasteiger partial charge is 0.0273 e. The average Bonchev–Trinajstić information content (AvgIpc) is 2.31. The Kier molecular flexibility index (Phi) is 4.08. The van der Waals surface area contributed by atoms with Gasteiger partial charge in [-0.2, -0.15) is 0 Å². The molecule has 1 N–H and O–H groups in total. The summed E-state index contributed by atoms with van der Waals surface area (Å²) in [7, 11) is 0. The van der Waals surface area contributed by atoms with Gasteiger partial charge in [-0.05, 0) is 17.9 Å². The fourth-order valence-corrected chi connectivity index (χ4v) is 2.72. The molecular weight excluding hydrogens is 220 g/mol. The van der Waals surface area contributed by atoms with E-state index in [9.17, 15) is 0 Å². The van der Waals surface area contributed by atoms with Crippen LogP contribution in [0.5, 0.6) is 0 Å². The SMILES string of the molecule is Cc1ccc(CN2CCNCC2C(C)(C)C)cc1. The number of nitrogens with zero attached hydrogens (tertiary/aromatic N) is 1. The van der Waals surface area contributed by atoms with Crippen LogP contribution in [0.2, 0.25) is 0 Å². The van der Waals surface area contributed by atoms with Crippen molar-refractivity contribution in [1.29, 1.82) is 0 Å². The van der Waals surface area contributed by atoms with Crippen molar-refractivity contribution >= 4 is 0 Å². The molecule has 1 atom stereocenters. The van der Waals surface area contributed by atoms with E-state index in [4.69, 9.17) is 0 Å². The van der Waals surface area contributed by atoms with Crippen molar-refractivity contribution in [3.63, 3.8) is 0 Å². The molecule has 0 bridgehead atoms. The van der Waals surface area contributed by atoms with Gasteiger partial charge in [-0.25, -0.2) is 0 Å². The minimum atomic E-state index is 0.331. The van der Waals surface area contributed by atoms with Gasteiger partial charge in [0, 0.05) is 32.2 Å². The first-order chi connectivity index (χ1) is 8.47. The van der Waals surface area contributed by atoms with E-state index in [0.29, 0.717) is 11.5 Å². The molecule has 100 valence electrons. The van der Waals surface area contributed by atoms with Gasteiger partial charge >= 0.3 is 0 Å². The molecule has 1 aromatic carbocycles. The lowest BCUT2D eigenvalue weighted by Crippen LogP contribution is -2.56. The van der Waals surface area contributed by atoms with Gasteiger partial charge in [-0.1, -0.05) is 50.6 Å². The fraction of sp³-hybridized carbons (Fsp3) is 0.625. The van der Waals surface area contributed by atoms with Crippen molar-refractivity contribution < 1.29 is 0 Å². The van der Waals surface area contributed by atoms with Crippen LogP contribution < -0.4 is 5.32 Å². The van der Waals surface area contributed by atoms with Crippen LogP contribution >= 0.6 is 0 Å². The lowest BCUT2D eigenvalue weighted by atomic mass is 9.84. The van der Waals surface area contributed by atoms with Crippen molar-refractivity contribution in [2.45, 2.75) is 40.3 Å². The summed E-state index contributed by atoms with van der Waals surface area (Å²) in [5, 5.41) is 3.52. The second-order valence-corrected chi connectivity index (χ2v) is 6.54. The van der Waals surface area contributed by atoms with E-state index < -0.39 is 0 Å². The first-order valence-corrected chi connectivity index (χ1v) is 6.97. The van der Waals surface area contributed by atoms with Gasteiger partial charge in [-0.15, -0.1) is 0 Å². The van der Waals surface area contributed by atoms with Crippen LogP contribution in [0.4, 0.5) is 0 Å².